The number of carbonyl (C=O) groups is 4. The van der Waals surface area contributed by atoms with Crippen molar-refractivity contribution in [1.82, 2.24) is 4.90 Å². The van der Waals surface area contributed by atoms with E-state index in [4.69, 9.17) is 29.2 Å². The van der Waals surface area contributed by atoms with E-state index in [1.807, 2.05) is 25.9 Å². The zero-order valence-electron chi connectivity index (χ0n) is 29.0. The number of ketones is 2. The van der Waals surface area contributed by atoms with Gasteiger partial charge in [0.05, 0.1) is 30.4 Å². The van der Waals surface area contributed by atoms with Gasteiger partial charge in [-0.25, -0.2) is 0 Å². The highest BCUT2D eigenvalue weighted by Gasteiger charge is 2.50. The SMILES string of the molecule is CC[C@H]1OC(=O)[C@H](C)C(=O)[C@H](C)[C@@H](OC2O[C@H](C)C[C@H](N(C)C)[C@H]2OC(C)=O)[C@@](C)(OC)C[C@@H](C)C(=O)/C(CN=[N+]=[N-])=C/[C@]1(C)O. The molecule has 0 aliphatic carbocycles. The van der Waals surface area contributed by atoms with Crippen LogP contribution in [0, 0.1) is 17.8 Å². The van der Waals surface area contributed by atoms with Crippen molar-refractivity contribution in [3.63, 3.8) is 0 Å². The minimum Gasteiger partial charge on any atom is -0.458 e. The number of hydrogen-bond donors (Lipinski definition) is 1. The zero-order chi connectivity index (χ0) is 35.1. The maximum absolute atomic E-state index is 14.0. The Morgan fingerprint density at radius 1 is 1.20 bits per heavy atom. The van der Waals surface area contributed by atoms with E-state index in [2.05, 4.69) is 10.0 Å². The summed E-state index contributed by atoms with van der Waals surface area (Å²) in [6, 6.07) is -0.280. The van der Waals surface area contributed by atoms with Crippen LogP contribution in [0.1, 0.15) is 74.7 Å². The van der Waals surface area contributed by atoms with E-state index in [0.717, 1.165) is 0 Å². The molecule has 0 radical (unpaired) electrons. The van der Waals surface area contributed by atoms with Gasteiger partial charge in [0.1, 0.15) is 17.6 Å². The minimum atomic E-state index is -1.82. The predicted octanol–water partition coefficient (Wildman–Crippen LogP) is 3.53. The molecule has 11 atom stereocenters. The molecular formula is C32H52N4O10. The Morgan fingerprint density at radius 2 is 1.83 bits per heavy atom. The number of azide groups is 1. The lowest BCUT2D eigenvalue weighted by Crippen LogP contribution is -2.60. The van der Waals surface area contributed by atoms with Crippen molar-refractivity contribution in [2.45, 2.75) is 123 Å². The Labute approximate surface area is 271 Å². The molecule has 0 aromatic rings. The summed E-state index contributed by atoms with van der Waals surface area (Å²) >= 11 is 0. The number of methoxy groups -OCH3 is 1. The van der Waals surface area contributed by atoms with Crippen molar-refractivity contribution in [2.24, 2.45) is 22.9 Å². The molecule has 46 heavy (non-hydrogen) atoms. The third-order valence-electron chi connectivity index (χ3n) is 9.11. The Balaban J connectivity index is 2.75. The van der Waals surface area contributed by atoms with Crippen LogP contribution in [-0.2, 0) is 42.9 Å². The number of cyclic esters (lactones) is 1. The van der Waals surface area contributed by atoms with Crippen molar-refractivity contribution in [3.05, 3.63) is 22.1 Å². The van der Waals surface area contributed by atoms with Crippen molar-refractivity contribution < 1.29 is 48.0 Å². The molecule has 2 aliphatic heterocycles. The first-order valence-electron chi connectivity index (χ1n) is 15.8. The second kappa shape index (κ2) is 16.3. The molecule has 14 nitrogen and oxygen atoms in total. The van der Waals surface area contributed by atoms with Crippen molar-refractivity contribution in [2.75, 3.05) is 27.7 Å². The average molecular weight is 653 g/mol. The number of carbonyl (C=O) groups excluding carboxylic acids is 4. The summed E-state index contributed by atoms with van der Waals surface area (Å²) in [5.41, 5.74) is 5.88. The Morgan fingerprint density at radius 3 is 2.35 bits per heavy atom. The lowest BCUT2D eigenvalue weighted by molar-refractivity contribution is -0.297. The van der Waals surface area contributed by atoms with Gasteiger partial charge in [-0.3, -0.25) is 19.2 Å². The van der Waals surface area contributed by atoms with Crippen LogP contribution in [0.25, 0.3) is 10.4 Å². The summed E-state index contributed by atoms with van der Waals surface area (Å²) < 4.78 is 30.2. The maximum Gasteiger partial charge on any atom is 0.316 e. The molecule has 14 heteroatoms. The van der Waals surface area contributed by atoms with Crippen molar-refractivity contribution in [3.8, 4) is 0 Å². The third-order valence-corrected chi connectivity index (χ3v) is 9.11. The smallest absolute Gasteiger partial charge is 0.316 e. The predicted molar refractivity (Wildman–Crippen MR) is 167 cm³/mol. The fourth-order valence-electron chi connectivity index (χ4n) is 6.49. The number of esters is 2. The van der Waals surface area contributed by atoms with Crippen LogP contribution in [0.4, 0.5) is 0 Å². The summed E-state index contributed by atoms with van der Waals surface area (Å²) in [5.74, 6) is -5.39. The van der Waals surface area contributed by atoms with Crippen molar-refractivity contribution >= 4 is 23.5 Å². The summed E-state index contributed by atoms with van der Waals surface area (Å²) in [6.45, 7) is 12.3. The van der Waals surface area contributed by atoms with Crippen LogP contribution in [0.2, 0.25) is 0 Å². The molecular weight excluding hydrogens is 600 g/mol. The van der Waals surface area contributed by atoms with Gasteiger partial charge in [0, 0.05) is 36.4 Å². The molecule has 1 saturated heterocycles. The molecule has 0 bridgehead atoms. The van der Waals surface area contributed by atoms with Crippen LogP contribution < -0.4 is 0 Å². The van der Waals surface area contributed by atoms with Crippen LogP contribution in [0.3, 0.4) is 0 Å². The summed E-state index contributed by atoms with van der Waals surface area (Å²) in [4.78, 5) is 58.1. The first kappa shape index (κ1) is 39.3. The molecule has 1 fully saturated rings. The molecule has 0 saturated carbocycles. The largest absolute Gasteiger partial charge is 0.458 e. The summed E-state index contributed by atoms with van der Waals surface area (Å²) in [6.07, 6.45) is -2.53. The van der Waals surface area contributed by atoms with E-state index in [1.54, 1.807) is 27.7 Å². The van der Waals surface area contributed by atoms with Gasteiger partial charge < -0.3 is 33.7 Å². The molecule has 0 aromatic heterocycles. The topological polar surface area (TPSA) is 187 Å². The number of rotatable bonds is 8. The molecule has 0 aromatic carbocycles. The van der Waals surface area contributed by atoms with Gasteiger partial charge >= 0.3 is 11.9 Å². The second-order valence-electron chi connectivity index (χ2n) is 13.2. The zero-order valence-corrected chi connectivity index (χ0v) is 29.0. The highest BCUT2D eigenvalue weighted by Crippen LogP contribution is 2.38. The molecule has 2 heterocycles. The lowest BCUT2D eigenvalue weighted by Gasteiger charge is -2.47. The normalized spacial score (nSPS) is 39.5. The lowest BCUT2D eigenvalue weighted by atomic mass is 9.76. The molecule has 260 valence electrons. The molecule has 1 unspecified atom stereocenters. The van der Waals surface area contributed by atoms with E-state index >= 15 is 0 Å². The third kappa shape index (κ3) is 9.36. The molecule has 2 rings (SSSR count). The van der Waals surface area contributed by atoms with Crippen LogP contribution in [0.15, 0.2) is 16.8 Å². The Kier molecular flexibility index (Phi) is 13.9. The molecule has 2 aliphatic rings. The average Bonchev–Trinajstić information content (AvgIpc) is 2.98. The van der Waals surface area contributed by atoms with Gasteiger partial charge in [-0.2, -0.15) is 0 Å². The summed E-state index contributed by atoms with van der Waals surface area (Å²) in [5, 5.41) is 14.9. The van der Waals surface area contributed by atoms with E-state index in [-0.39, 0.29) is 37.1 Å². The monoisotopic (exact) mass is 652 g/mol. The second-order valence-corrected chi connectivity index (χ2v) is 13.2. The Bertz CT molecular complexity index is 1200. The number of Topliss-reactive ketones (excluding diaryl/α,β-unsaturated/α-hetero) is 2. The highest BCUT2D eigenvalue weighted by atomic mass is 16.7. The van der Waals surface area contributed by atoms with E-state index in [9.17, 15) is 24.3 Å². The number of nitrogens with zero attached hydrogens (tertiary/aromatic N) is 4. The standard InChI is InChI=1S/C32H52N4O10/c1-12-24-31(7,41)15-22(16-34-35-33)25(38)17(2)14-32(8,42-11)28(19(4)26(39)20(5)29(40)45-24)46-30-27(44-21(6)37)23(36(9)10)13-18(3)43-30/h15,17-20,23-24,27-28,30,41H,12-14,16H2,1-11H3/b22-15+/t17-,18-,19+,20-,23+,24-,27-,28-,30?,31+,32+/m1/s1. The fourth-order valence-corrected chi connectivity index (χ4v) is 6.49. The number of ether oxygens (including phenoxy) is 5. The van der Waals surface area contributed by atoms with Gasteiger partial charge in [0.25, 0.3) is 0 Å². The van der Waals surface area contributed by atoms with Gasteiger partial charge in [0.2, 0.25) is 0 Å². The summed E-state index contributed by atoms with van der Waals surface area (Å²) in [7, 11) is 5.13. The van der Waals surface area contributed by atoms with Gasteiger partial charge in [0.15, 0.2) is 24.0 Å². The quantitative estimate of drug-likeness (QED) is 0.133. The highest BCUT2D eigenvalue weighted by molar-refractivity contribution is 6.00. The number of likely N-dealkylation sites (N-methyl/N-ethyl adjacent to an activating group) is 1. The van der Waals surface area contributed by atoms with E-state index in [1.165, 1.54) is 34.0 Å². The number of hydrogen-bond acceptors (Lipinski definition) is 12. The molecule has 1 N–H and O–H groups in total. The van der Waals surface area contributed by atoms with Gasteiger partial charge in [-0.15, -0.1) is 0 Å². The molecule has 0 spiro atoms. The first-order chi connectivity index (χ1) is 21.3. The maximum atomic E-state index is 14.0. The Hall–Kier alpha value is -2.87. The number of aliphatic hydroxyl groups is 1. The van der Waals surface area contributed by atoms with E-state index < -0.39 is 77.1 Å². The van der Waals surface area contributed by atoms with Gasteiger partial charge in [-0.1, -0.05) is 25.9 Å². The van der Waals surface area contributed by atoms with Crippen LogP contribution >= 0.6 is 0 Å². The first-order valence-corrected chi connectivity index (χ1v) is 15.8. The van der Waals surface area contributed by atoms with Crippen LogP contribution in [0.5, 0.6) is 0 Å². The van der Waals surface area contributed by atoms with E-state index in [0.29, 0.717) is 6.42 Å². The van der Waals surface area contributed by atoms with Gasteiger partial charge in [-0.05, 0) is 72.7 Å². The fraction of sp³-hybridized carbons (Fsp3) is 0.812. The minimum absolute atomic E-state index is 0.0218. The van der Waals surface area contributed by atoms with Crippen LogP contribution in [-0.4, -0.2) is 109 Å². The molecule has 0 amide bonds. The van der Waals surface area contributed by atoms with Crippen molar-refractivity contribution in [1.29, 1.82) is 0 Å².